The number of piperidine rings is 1. The van der Waals surface area contributed by atoms with E-state index < -0.39 is 10.2 Å². The zero-order chi connectivity index (χ0) is 21.1. The SMILES string of the molecule is COc1cc2ncnc(N3CCC(CCNS(=O)(=O)NC4CC4)CC3)c2cc1OC. The number of benzene rings is 1. The van der Waals surface area contributed by atoms with Gasteiger partial charge in [-0.25, -0.2) is 14.7 Å². The molecule has 30 heavy (non-hydrogen) atoms. The summed E-state index contributed by atoms with van der Waals surface area (Å²) in [7, 11) is -0.131. The van der Waals surface area contributed by atoms with Gasteiger partial charge in [-0.15, -0.1) is 0 Å². The van der Waals surface area contributed by atoms with Crippen LogP contribution in [0.1, 0.15) is 32.1 Å². The van der Waals surface area contributed by atoms with Gasteiger partial charge in [0.25, 0.3) is 10.2 Å². The molecule has 0 amide bonds. The average Bonchev–Trinajstić information content (AvgIpc) is 3.56. The number of aromatic nitrogens is 2. The molecule has 2 N–H and O–H groups in total. The highest BCUT2D eigenvalue weighted by Crippen LogP contribution is 2.35. The minimum atomic E-state index is -3.36. The lowest BCUT2D eigenvalue weighted by Gasteiger charge is -2.33. The van der Waals surface area contributed by atoms with Gasteiger partial charge in [-0.1, -0.05) is 0 Å². The third-order valence-corrected chi connectivity index (χ3v) is 7.01. The molecule has 0 radical (unpaired) electrons. The molecule has 1 saturated heterocycles. The van der Waals surface area contributed by atoms with Crippen LogP contribution in [0, 0.1) is 5.92 Å². The number of hydrogen-bond acceptors (Lipinski definition) is 7. The van der Waals surface area contributed by atoms with E-state index in [0.717, 1.165) is 61.9 Å². The topological polar surface area (TPSA) is 106 Å². The molecule has 4 rings (SSSR count). The van der Waals surface area contributed by atoms with Gasteiger partial charge in [-0.3, -0.25) is 0 Å². The highest BCUT2D eigenvalue weighted by atomic mass is 32.2. The van der Waals surface area contributed by atoms with Crippen molar-refractivity contribution >= 4 is 26.9 Å². The fourth-order valence-corrected chi connectivity index (χ4v) is 5.06. The molecule has 1 aromatic carbocycles. The van der Waals surface area contributed by atoms with Crippen LogP contribution >= 0.6 is 0 Å². The molecule has 0 atom stereocenters. The first kappa shape index (κ1) is 21.1. The molecule has 1 aliphatic carbocycles. The van der Waals surface area contributed by atoms with Crippen LogP contribution in [0.5, 0.6) is 11.5 Å². The van der Waals surface area contributed by atoms with Crippen molar-refractivity contribution in [3.05, 3.63) is 18.5 Å². The zero-order valence-electron chi connectivity index (χ0n) is 17.4. The maximum Gasteiger partial charge on any atom is 0.277 e. The fourth-order valence-electron chi connectivity index (χ4n) is 3.91. The summed E-state index contributed by atoms with van der Waals surface area (Å²) < 4.78 is 40.0. The van der Waals surface area contributed by atoms with E-state index in [2.05, 4.69) is 24.3 Å². The van der Waals surface area contributed by atoms with Crippen molar-refractivity contribution in [2.24, 2.45) is 5.92 Å². The Bertz CT molecular complexity index is 988. The Labute approximate surface area is 177 Å². The van der Waals surface area contributed by atoms with Crippen LogP contribution in [0.3, 0.4) is 0 Å². The summed E-state index contributed by atoms with van der Waals surface area (Å²) in [6.45, 7) is 2.22. The van der Waals surface area contributed by atoms with Gasteiger partial charge in [-0.05, 0) is 44.1 Å². The molecule has 1 aliphatic heterocycles. The van der Waals surface area contributed by atoms with E-state index in [4.69, 9.17) is 9.47 Å². The van der Waals surface area contributed by atoms with Crippen LogP contribution < -0.4 is 23.8 Å². The molecule has 9 nitrogen and oxygen atoms in total. The monoisotopic (exact) mass is 435 g/mol. The first-order valence-corrected chi connectivity index (χ1v) is 11.9. The van der Waals surface area contributed by atoms with Crippen molar-refractivity contribution < 1.29 is 17.9 Å². The van der Waals surface area contributed by atoms with Crippen LogP contribution in [0.25, 0.3) is 10.9 Å². The second kappa shape index (κ2) is 8.91. The molecular weight excluding hydrogens is 406 g/mol. The zero-order valence-corrected chi connectivity index (χ0v) is 18.2. The van der Waals surface area contributed by atoms with E-state index in [1.165, 1.54) is 0 Å². The molecule has 2 heterocycles. The summed E-state index contributed by atoms with van der Waals surface area (Å²) in [5, 5.41) is 0.938. The Morgan fingerprint density at radius 3 is 2.43 bits per heavy atom. The minimum absolute atomic E-state index is 0.131. The van der Waals surface area contributed by atoms with E-state index in [1.807, 2.05) is 12.1 Å². The standard InChI is InChI=1S/C20H29N5O4S/c1-28-18-11-16-17(12-19(18)29-2)21-13-22-20(16)25-9-6-14(7-10-25)5-8-23-30(26,27)24-15-3-4-15/h11-15,23-24H,3-10H2,1-2H3. The molecule has 1 aromatic heterocycles. The average molecular weight is 436 g/mol. The fraction of sp³-hybridized carbons (Fsp3) is 0.600. The normalized spacial score (nSPS) is 18.0. The highest BCUT2D eigenvalue weighted by Gasteiger charge is 2.27. The first-order valence-electron chi connectivity index (χ1n) is 10.4. The van der Waals surface area contributed by atoms with Gasteiger partial charge in [0.15, 0.2) is 11.5 Å². The van der Waals surface area contributed by atoms with Crippen molar-refractivity contribution in [2.45, 2.75) is 38.1 Å². The van der Waals surface area contributed by atoms with Gasteiger partial charge in [0.1, 0.15) is 12.1 Å². The molecule has 10 heteroatoms. The van der Waals surface area contributed by atoms with Crippen LogP contribution in [-0.4, -0.2) is 58.3 Å². The largest absolute Gasteiger partial charge is 0.493 e. The minimum Gasteiger partial charge on any atom is -0.493 e. The second-order valence-electron chi connectivity index (χ2n) is 7.93. The number of anilines is 1. The van der Waals surface area contributed by atoms with Gasteiger partial charge in [0.2, 0.25) is 0 Å². The van der Waals surface area contributed by atoms with Gasteiger partial charge in [-0.2, -0.15) is 13.1 Å². The predicted octanol–water partition coefficient (Wildman–Crippen LogP) is 1.84. The number of ether oxygens (including phenoxy) is 2. The van der Waals surface area contributed by atoms with E-state index in [9.17, 15) is 8.42 Å². The second-order valence-corrected chi connectivity index (χ2v) is 9.46. The third-order valence-electron chi connectivity index (χ3n) is 5.78. The molecule has 2 aliphatic rings. The van der Waals surface area contributed by atoms with Crippen molar-refractivity contribution in [3.63, 3.8) is 0 Å². The summed E-state index contributed by atoms with van der Waals surface area (Å²) in [6, 6.07) is 3.93. The molecule has 2 aromatic rings. The van der Waals surface area contributed by atoms with Gasteiger partial charge in [0.05, 0.1) is 19.7 Å². The number of hydrogen-bond donors (Lipinski definition) is 2. The van der Waals surface area contributed by atoms with Crippen molar-refractivity contribution in [3.8, 4) is 11.5 Å². The van der Waals surface area contributed by atoms with Gasteiger partial charge in [0, 0.05) is 37.1 Å². The van der Waals surface area contributed by atoms with Crippen LogP contribution in [0.4, 0.5) is 5.82 Å². The summed E-state index contributed by atoms with van der Waals surface area (Å²) in [5.74, 6) is 2.69. The third kappa shape index (κ3) is 4.93. The quantitative estimate of drug-likeness (QED) is 0.619. The Hall–Kier alpha value is -2.17. The Kier molecular flexibility index (Phi) is 6.26. The highest BCUT2D eigenvalue weighted by molar-refractivity contribution is 7.87. The number of nitrogens with zero attached hydrogens (tertiary/aromatic N) is 3. The van der Waals surface area contributed by atoms with Crippen LogP contribution in [0.15, 0.2) is 18.5 Å². The molecular formula is C20H29N5O4S. The molecule has 0 unspecified atom stereocenters. The smallest absolute Gasteiger partial charge is 0.277 e. The predicted molar refractivity (Wildman–Crippen MR) is 115 cm³/mol. The molecule has 1 saturated carbocycles. The molecule has 164 valence electrons. The molecule has 0 spiro atoms. The van der Waals surface area contributed by atoms with E-state index in [1.54, 1.807) is 20.5 Å². The summed E-state index contributed by atoms with van der Waals surface area (Å²) in [5.41, 5.74) is 0.817. The summed E-state index contributed by atoms with van der Waals surface area (Å²) in [4.78, 5) is 11.2. The first-order chi connectivity index (χ1) is 14.5. The number of rotatable bonds is 9. The maximum absolute atomic E-state index is 11.9. The van der Waals surface area contributed by atoms with Crippen LogP contribution in [0.2, 0.25) is 0 Å². The molecule has 0 bridgehead atoms. The van der Waals surface area contributed by atoms with E-state index in [-0.39, 0.29) is 6.04 Å². The van der Waals surface area contributed by atoms with Crippen molar-refractivity contribution in [1.29, 1.82) is 0 Å². The molecule has 2 fully saturated rings. The number of nitrogens with one attached hydrogen (secondary N) is 2. The van der Waals surface area contributed by atoms with E-state index in [0.29, 0.717) is 24.0 Å². The number of methoxy groups -OCH3 is 2. The lowest BCUT2D eigenvalue weighted by atomic mass is 9.93. The lowest BCUT2D eigenvalue weighted by Crippen LogP contribution is -2.40. The van der Waals surface area contributed by atoms with Crippen molar-refractivity contribution in [2.75, 3.05) is 38.8 Å². The summed E-state index contributed by atoms with van der Waals surface area (Å²) >= 11 is 0. The van der Waals surface area contributed by atoms with Crippen LogP contribution in [-0.2, 0) is 10.2 Å². The van der Waals surface area contributed by atoms with Gasteiger partial charge >= 0.3 is 0 Å². The Morgan fingerprint density at radius 2 is 1.77 bits per heavy atom. The van der Waals surface area contributed by atoms with E-state index >= 15 is 0 Å². The lowest BCUT2D eigenvalue weighted by molar-refractivity contribution is 0.355. The maximum atomic E-state index is 11.9. The van der Waals surface area contributed by atoms with Crippen molar-refractivity contribution in [1.82, 2.24) is 19.4 Å². The Morgan fingerprint density at radius 1 is 1.07 bits per heavy atom. The Balaban J connectivity index is 1.36. The number of fused-ring (bicyclic) bond motifs is 1. The summed E-state index contributed by atoms with van der Waals surface area (Å²) in [6.07, 6.45) is 6.30. The van der Waals surface area contributed by atoms with Gasteiger partial charge < -0.3 is 14.4 Å².